The van der Waals surface area contributed by atoms with E-state index in [9.17, 15) is 9.90 Å². The minimum absolute atomic E-state index is 0.288. The fraction of sp³-hybridized carbons (Fsp3) is 0.292. The maximum absolute atomic E-state index is 11.8. The van der Waals surface area contributed by atoms with Gasteiger partial charge < -0.3 is 9.84 Å². The number of phenolic OH excluding ortho intramolecular Hbond substituents is 1. The van der Waals surface area contributed by atoms with Crippen molar-refractivity contribution in [2.45, 2.75) is 45.6 Å². The second kappa shape index (κ2) is 10.4. The quantitative estimate of drug-likeness (QED) is 0.530. The highest BCUT2D eigenvalue weighted by Gasteiger charge is 2.15. The van der Waals surface area contributed by atoms with Gasteiger partial charge in [0, 0.05) is 5.69 Å². The number of benzene rings is 2. The van der Waals surface area contributed by atoms with Crippen LogP contribution in [0.15, 0.2) is 60.7 Å². The average Bonchev–Trinajstić information content (AvgIpc) is 2.62. The summed E-state index contributed by atoms with van der Waals surface area (Å²) in [5.74, 6) is 0.288. The van der Waals surface area contributed by atoms with Crippen LogP contribution < -0.4 is 5.32 Å². The maximum Gasteiger partial charge on any atom is 0.412 e. The average molecular weight is 380 g/mol. The van der Waals surface area contributed by atoms with E-state index >= 15 is 0 Å². The van der Waals surface area contributed by atoms with Crippen LogP contribution in [-0.2, 0) is 4.74 Å². The number of hydrogen-bond donors (Lipinski definition) is 2. The number of aromatic hydroxyl groups is 1. The molecule has 0 aromatic heterocycles. The largest absolute Gasteiger partial charge is 0.508 e. The second-order valence-corrected chi connectivity index (χ2v) is 7.58. The Balaban J connectivity index is 1.69. The Labute approximate surface area is 167 Å². The van der Waals surface area contributed by atoms with Crippen molar-refractivity contribution in [2.75, 3.05) is 5.32 Å². The van der Waals surface area contributed by atoms with Crippen LogP contribution in [-0.4, -0.2) is 16.8 Å². The molecule has 0 bridgehead atoms. The molecule has 28 heavy (non-hydrogen) atoms. The third-order valence-electron chi connectivity index (χ3n) is 3.81. The molecule has 148 valence electrons. The summed E-state index contributed by atoms with van der Waals surface area (Å²) in [5.41, 5.74) is 2.39. The lowest BCUT2D eigenvalue weighted by Gasteiger charge is -2.19. The lowest BCUT2D eigenvalue weighted by molar-refractivity contribution is 0.0636. The highest BCUT2D eigenvalue weighted by Crippen LogP contribution is 2.15. The lowest BCUT2D eigenvalue weighted by Crippen LogP contribution is -2.27. The second-order valence-electron chi connectivity index (χ2n) is 7.58. The van der Waals surface area contributed by atoms with Crippen molar-refractivity contribution in [3.8, 4) is 5.75 Å². The van der Waals surface area contributed by atoms with E-state index in [1.165, 1.54) is 0 Å². The van der Waals surface area contributed by atoms with Gasteiger partial charge in [0.25, 0.3) is 0 Å². The molecule has 2 N–H and O–H groups in total. The number of carbonyl (C=O) groups is 1. The molecule has 0 spiro atoms. The van der Waals surface area contributed by atoms with Gasteiger partial charge in [0.2, 0.25) is 0 Å². The first-order valence-electron chi connectivity index (χ1n) is 9.54. The number of allylic oxidation sites excluding steroid dienone is 2. The van der Waals surface area contributed by atoms with E-state index in [1.807, 2.05) is 57.2 Å². The molecule has 0 fully saturated rings. The molecule has 0 saturated carbocycles. The van der Waals surface area contributed by atoms with Crippen molar-refractivity contribution in [3.63, 3.8) is 0 Å². The summed E-state index contributed by atoms with van der Waals surface area (Å²) in [5, 5.41) is 12.0. The third-order valence-corrected chi connectivity index (χ3v) is 3.81. The number of unbranched alkanes of at least 4 members (excludes halogenated alkanes) is 2. The number of nitrogens with one attached hydrogen (secondary N) is 1. The van der Waals surface area contributed by atoms with Gasteiger partial charge in [-0.3, -0.25) is 5.32 Å². The predicted octanol–water partition coefficient (Wildman–Crippen LogP) is 6.64. The molecule has 0 aliphatic heterocycles. The molecular weight excluding hydrogens is 350 g/mol. The molecule has 0 saturated heterocycles. The highest BCUT2D eigenvalue weighted by molar-refractivity contribution is 5.85. The Bertz CT molecular complexity index is 797. The van der Waals surface area contributed by atoms with E-state index in [4.69, 9.17) is 4.74 Å². The van der Waals surface area contributed by atoms with Crippen molar-refractivity contribution in [2.24, 2.45) is 0 Å². The van der Waals surface area contributed by atoms with E-state index in [0.29, 0.717) is 5.69 Å². The van der Waals surface area contributed by atoms with Gasteiger partial charge in [0.1, 0.15) is 11.4 Å². The summed E-state index contributed by atoms with van der Waals surface area (Å²) in [4.78, 5) is 11.8. The highest BCUT2D eigenvalue weighted by atomic mass is 16.6. The van der Waals surface area contributed by atoms with E-state index in [1.54, 1.807) is 12.1 Å². The lowest BCUT2D eigenvalue weighted by atomic mass is 10.1. The molecule has 0 aliphatic carbocycles. The molecule has 0 unspecified atom stereocenters. The normalized spacial score (nSPS) is 11.8. The fourth-order valence-corrected chi connectivity index (χ4v) is 2.48. The Morgan fingerprint density at radius 1 is 0.929 bits per heavy atom. The Morgan fingerprint density at radius 2 is 1.43 bits per heavy atom. The summed E-state index contributed by atoms with van der Waals surface area (Å²) in [6.07, 6.45) is 11.1. The molecule has 0 heterocycles. The molecule has 0 atom stereocenters. The molecule has 4 nitrogen and oxygen atoms in total. The van der Waals surface area contributed by atoms with E-state index in [2.05, 4.69) is 29.6 Å². The summed E-state index contributed by atoms with van der Waals surface area (Å²) in [6, 6.07) is 14.8. The standard InChI is InChI=1S/C24H29NO3/c1-24(2,3)28-23(27)25-21-15-11-19(12-16-21)9-7-5-4-6-8-10-20-13-17-22(26)18-14-20/h7-18,26H,4-6H2,1-3H3,(H,25,27)/b9-7+,10-8+. The molecule has 2 aromatic carbocycles. The number of hydrogen-bond acceptors (Lipinski definition) is 3. The zero-order valence-corrected chi connectivity index (χ0v) is 16.8. The van der Waals surface area contributed by atoms with Crippen LogP contribution in [0.3, 0.4) is 0 Å². The first-order chi connectivity index (χ1) is 13.3. The van der Waals surface area contributed by atoms with Crippen LogP contribution in [0, 0.1) is 0 Å². The zero-order chi connectivity index (χ0) is 20.4. The SMILES string of the molecule is CC(C)(C)OC(=O)Nc1ccc(/C=C/CCC/C=C/c2ccc(O)cc2)cc1. The Hall–Kier alpha value is -3.01. The molecule has 2 rings (SSSR count). The molecule has 0 aliphatic rings. The van der Waals surface area contributed by atoms with Crippen molar-refractivity contribution < 1.29 is 14.6 Å². The van der Waals surface area contributed by atoms with Gasteiger partial charge in [-0.15, -0.1) is 0 Å². The van der Waals surface area contributed by atoms with Crippen LogP contribution >= 0.6 is 0 Å². The van der Waals surface area contributed by atoms with Gasteiger partial charge >= 0.3 is 6.09 Å². The number of anilines is 1. The van der Waals surface area contributed by atoms with E-state index < -0.39 is 11.7 Å². The first-order valence-corrected chi connectivity index (χ1v) is 9.54. The monoisotopic (exact) mass is 379 g/mol. The number of phenols is 1. The summed E-state index contributed by atoms with van der Waals surface area (Å²) < 4.78 is 5.24. The van der Waals surface area contributed by atoms with Gasteiger partial charge in [0.05, 0.1) is 0 Å². The number of ether oxygens (including phenoxy) is 1. The zero-order valence-electron chi connectivity index (χ0n) is 16.8. The Morgan fingerprint density at radius 3 is 1.93 bits per heavy atom. The van der Waals surface area contributed by atoms with Gasteiger partial charge in [-0.25, -0.2) is 4.79 Å². The van der Waals surface area contributed by atoms with Crippen molar-refractivity contribution in [1.29, 1.82) is 0 Å². The van der Waals surface area contributed by atoms with Crippen LogP contribution in [0.2, 0.25) is 0 Å². The number of rotatable bonds is 7. The third kappa shape index (κ3) is 8.58. The first kappa shape index (κ1) is 21.3. The van der Waals surface area contributed by atoms with Crippen LogP contribution in [0.4, 0.5) is 10.5 Å². The molecule has 1 amide bonds. The fourth-order valence-electron chi connectivity index (χ4n) is 2.48. The van der Waals surface area contributed by atoms with Gasteiger partial charge in [0.15, 0.2) is 0 Å². The van der Waals surface area contributed by atoms with Crippen LogP contribution in [0.5, 0.6) is 5.75 Å². The Kier molecular flexibility index (Phi) is 7.88. The van der Waals surface area contributed by atoms with Gasteiger partial charge in [-0.1, -0.05) is 48.6 Å². The smallest absolute Gasteiger partial charge is 0.412 e. The van der Waals surface area contributed by atoms with Crippen LogP contribution in [0.1, 0.15) is 51.2 Å². The molecular formula is C24H29NO3. The summed E-state index contributed by atoms with van der Waals surface area (Å²) in [7, 11) is 0. The van der Waals surface area contributed by atoms with Crippen LogP contribution in [0.25, 0.3) is 12.2 Å². The summed E-state index contributed by atoms with van der Waals surface area (Å²) >= 11 is 0. The minimum atomic E-state index is -0.508. The maximum atomic E-state index is 11.8. The molecule has 0 radical (unpaired) electrons. The van der Waals surface area contributed by atoms with E-state index in [0.717, 1.165) is 30.4 Å². The number of carbonyl (C=O) groups excluding carboxylic acids is 1. The minimum Gasteiger partial charge on any atom is -0.508 e. The predicted molar refractivity (Wildman–Crippen MR) is 116 cm³/mol. The van der Waals surface area contributed by atoms with Crippen molar-refractivity contribution >= 4 is 23.9 Å². The van der Waals surface area contributed by atoms with Gasteiger partial charge in [-0.2, -0.15) is 0 Å². The molecule has 2 aromatic rings. The molecule has 4 heteroatoms. The van der Waals surface area contributed by atoms with Crippen molar-refractivity contribution in [1.82, 2.24) is 0 Å². The van der Waals surface area contributed by atoms with Gasteiger partial charge in [-0.05, 0) is 75.4 Å². The van der Waals surface area contributed by atoms with E-state index in [-0.39, 0.29) is 5.75 Å². The number of amides is 1. The van der Waals surface area contributed by atoms with Crippen molar-refractivity contribution in [3.05, 3.63) is 71.8 Å². The summed E-state index contributed by atoms with van der Waals surface area (Å²) in [6.45, 7) is 5.51. The topological polar surface area (TPSA) is 58.6 Å².